The first-order chi connectivity index (χ1) is 6.24. The van der Waals surface area contributed by atoms with Crippen molar-refractivity contribution in [2.45, 2.75) is 6.61 Å². The fraction of sp³-hybridized carbons (Fsp3) is 0.250. The average molecular weight is 183 g/mol. The SMILES string of the molecule is COOCc1ccc([N+](=O)[O-])cc1. The molecule has 70 valence electrons. The number of nitrogens with zero attached hydrogens (tertiary/aromatic N) is 1. The minimum Gasteiger partial charge on any atom is -0.258 e. The fourth-order valence-electron chi connectivity index (χ4n) is 0.841. The maximum Gasteiger partial charge on any atom is 0.269 e. The van der Waals surface area contributed by atoms with Crippen LogP contribution in [-0.2, 0) is 16.4 Å². The molecule has 0 radical (unpaired) electrons. The van der Waals surface area contributed by atoms with Crippen molar-refractivity contribution in [3.8, 4) is 0 Å². The summed E-state index contributed by atoms with van der Waals surface area (Å²) in [5, 5.41) is 10.3. The van der Waals surface area contributed by atoms with Gasteiger partial charge in [-0.3, -0.25) is 10.1 Å². The van der Waals surface area contributed by atoms with E-state index in [1.807, 2.05) is 0 Å². The molecule has 0 aliphatic rings. The van der Waals surface area contributed by atoms with E-state index in [9.17, 15) is 10.1 Å². The van der Waals surface area contributed by atoms with Gasteiger partial charge in [0.05, 0.1) is 12.0 Å². The average Bonchev–Trinajstić information content (AvgIpc) is 2.15. The van der Waals surface area contributed by atoms with Crippen LogP contribution in [0.2, 0.25) is 0 Å². The van der Waals surface area contributed by atoms with Crippen LogP contribution in [0.5, 0.6) is 0 Å². The van der Waals surface area contributed by atoms with E-state index < -0.39 is 4.92 Å². The van der Waals surface area contributed by atoms with Gasteiger partial charge in [-0.15, -0.1) is 0 Å². The van der Waals surface area contributed by atoms with Gasteiger partial charge in [-0.25, -0.2) is 9.78 Å². The van der Waals surface area contributed by atoms with Crippen molar-refractivity contribution in [2.75, 3.05) is 7.11 Å². The molecule has 13 heavy (non-hydrogen) atoms. The number of non-ortho nitro benzene ring substituents is 1. The van der Waals surface area contributed by atoms with Crippen LogP contribution in [0.15, 0.2) is 24.3 Å². The molecule has 0 aliphatic heterocycles. The first kappa shape index (κ1) is 9.63. The van der Waals surface area contributed by atoms with E-state index in [0.717, 1.165) is 5.56 Å². The molecule has 0 N–H and O–H groups in total. The van der Waals surface area contributed by atoms with Crippen LogP contribution >= 0.6 is 0 Å². The van der Waals surface area contributed by atoms with E-state index >= 15 is 0 Å². The zero-order chi connectivity index (χ0) is 9.68. The lowest BCUT2D eigenvalue weighted by Gasteiger charge is -1.99. The minimum absolute atomic E-state index is 0.0705. The number of nitro groups is 1. The van der Waals surface area contributed by atoms with E-state index in [2.05, 4.69) is 9.78 Å². The Morgan fingerprint density at radius 2 is 2.00 bits per heavy atom. The molecular formula is C8H9NO4. The molecule has 0 saturated heterocycles. The van der Waals surface area contributed by atoms with Gasteiger partial charge in [0.15, 0.2) is 0 Å². The standard InChI is InChI=1S/C8H9NO4/c1-12-13-6-7-2-4-8(5-3-7)9(10)11/h2-5H,6H2,1H3. The van der Waals surface area contributed by atoms with Crippen LogP contribution in [-0.4, -0.2) is 12.0 Å². The third-order valence-electron chi connectivity index (χ3n) is 1.49. The summed E-state index contributed by atoms with van der Waals surface area (Å²) in [5.41, 5.74) is 0.897. The summed E-state index contributed by atoms with van der Waals surface area (Å²) in [7, 11) is 1.41. The molecule has 1 aromatic carbocycles. The highest BCUT2D eigenvalue weighted by atomic mass is 17.2. The number of hydrogen-bond acceptors (Lipinski definition) is 4. The molecule has 1 aromatic rings. The van der Waals surface area contributed by atoms with Gasteiger partial charge in [0.1, 0.15) is 6.61 Å². The second kappa shape index (κ2) is 4.54. The first-order valence-electron chi connectivity index (χ1n) is 3.63. The van der Waals surface area contributed by atoms with Gasteiger partial charge in [-0.1, -0.05) is 0 Å². The highest BCUT2D eigenvalue weighted by Crippen LogP contribution is 2.12. The molecule has 0 bridgehead atoms. The Kier molecular flexibility index (Phi) is 3.36. The number of rotatable bonds is 4. The van der Waals surface area contributed by atoms with Gasteiger partial charge in [0, 0.05) is 12.1 Å². The minimum atomic E-state index is -0.443. The zero-order valence-corrected chi connectivity index (χ0v) is 7.10. The lowest BCUT2D eigenvalue weighted by molar-refractivity contribution is -0.384. The molecule has 0 saturated carbocycles. The van der Waals surface area contributed by atoms with Gasteiger partial charge < -0.3 is 0 Å². The highest BCUT2D eigenvalue weighted by Gasteiger charge is 2.03. The maximum atomic E-state index is 10.3. The van der Waals surface area contributed by atoms with E-state index in [1.165, 1.54) is 19.2 Å². The Bertz CT molecular complexity index is 283. The Morgan fingerprint density at radius 1 is 1.38 bits per heavy atom. The van der Waals surface area contributed by atoms with Crippen LogP contribution in [0.3, 0.4) is 0 Å². The van der Waals surface area contributed by atoms with Crippen molar-refractivity contribution in [1.82, 2.24) is 0 Å². The van der Waals surface area contributed by atoms with Gasteiger partial charge in [-0.05, 0) is 17.7 Å². The second-order valence-electron chi connectivity index (χ2n) is 2.35. The van der Waals surface area contributed by atoms with E-state index in [1.54, 1.807) is 12.1 Å². The fourth-order valence-corrected chi connectivity index (χ4v) is 0.841. The first-order valence-corrected chi connectivity index (χ1v) is 3.63. The van der Waals surface area contributed by atoms with Crippen LogP contribution in [0.4, 0.5) is 5.69 Å². The summed E-state index contributed by atoms with van der Waals surface area (Å²) in [6, 6.07) is 6.09. The van der Waals surface area contributed by atoms with Crippen molar-refractivity contribution in [2.24, 2.45) is 0 Å². The molecule has 0 atom stereocenters. The summed E-state index contributed by atoms with van der Waals surface area (Å²) >= 11 is 0. The van der Waals surface area contributed by atoms with Crippen LogP contribution in [0, 0.1) is 10.1 Å². The topological polar surface area (TPSA) is 61.6 Å². The molecule has 0 heterocycles. The quantitative estimate of drug-likeness (QED) is 0.404. The Labute approximate surface area is 75.0 Å². The molecule has 0 unspecified atom stereocenters. The van der Waals surface area contributed by atoms with Crippen LogP contribution in [0.1, 0.15) is 5.56 Å². The summed E-state index contributed by atoms with van der Waals surface area (Å²) < 4.78 is 0. The molecule has 0 spiro atoms. The predicted molar refractivity (Wildman–Crippen MR) is 44.9 cm³/mol. The monoisotopic (exact) mass is 183 g/mol. The predicted octanol–water partition coefficient (Wildman–Crippen LogP) is 1.67. The van der Waals surface area contributed by atoms with Crippen LogP contribution in [0.25, 0.3) is 0 Å². The van der Waals surface area contributed by atoms with Gasteiger partial charge in [-0.2, -0.15) is 0 Å². The molecule has 5 nitrogen and oxygen atoms in total. The third kappa shape index (κ3) is 2.81. The van der Waals surface area contributed by atoms with E-state index in [-0.39, 0.29) is 12.3 Å². The van der Waals surface area contributed by atoms with Gasteiger partial charge >= 0.3 is 0 Å². The molecule has 0 aliphatic carbocycles. The highest BCUT2D eigenvalue weighted by molar-refractivity contribution is 5.32. The maximum absolute atomic E-state index is 10.3. The lowest BCUT2D eigenvalue weighted by Crippen LogP contribution is -1.92. The number of nitro benzene ring substituents is 1. The number of hydrogen-bond donors (Lipinski definition) is 0. The normalized spacial score (nSPS) is 9.92. The second-order valence-corrected chi connectivity index (χ2v) is 2.35. The van der Waals surface area contributed by atoms with E-state index in [4.69, 9.17) is 0 Å². The Hall–Kier alpha value is -1.46. The molecular weight excluding hydrogens is 174 g/mol. The zero-order valence-electron chi connectivity index (χ0n) is 7.10. The summed E-state index contributed by atoms with van der Waals surface area (Å²) in [5.74, 6) is 0. The van der Waals surface area contributed by atoms with Crippen molar-refractivity contribution in [1.29, 1.82) is 0 Å². The Balaban J connectivity index is 2.64. The summed E-state index contributed by atoms with van der Waals surface area (Å²) in [6.07, 6.45) is 0. The summed E-state index contributed by atoms with van der Waals surface area (Å²) in [4.78, 5) is 18.9. The lowest BCUT2D eigenvalue weighted by atomic mass is 10.2. The van der Waals surface area contributed by atoms with E-state index in [0.29, 0.717) is 0 Å². The molecule has 1 rings (SSSR count). The van der Waals surface area contributed by atoms with Gasteiger partial charge in [0.2, 0.25) is 0 Å². The van der Waals surface area contributed by atoms with Crippen molar-refractivity contribution in [3.63, 3.8) is 0 Å². The van der Waals surface area contributed by atoms with Crippen molar-refractivity contribution < 1.29 is 14.7 Å². The number of benzene rings is 1. The molecule has 5 heteroatoms. The summed E-state index contributed by atoms with van der Waals surface area (Å²) in [6.45, 7) is 0.286. The van der Waals surface area contributed by atoms with Crippen molar-refractivity contribution in [3.05, 3.63) is 39.9 Å². The molecule has 0 fully saturated rings. The van der Waals surface area contributed by atoms with Gasteiger partial charge in [0.25, 0.3) is 5.69 Å². The Morgan fingerprint density at radius 3 is 2.46 bits per heavy atom. The molecule has 0 amide bonds. The third-order valence-corrected chi connectivity index (χ3v) is 1.49. The largest absolute Gasteiger partial charge is 0.269 e. The van der Waals surface area contributed by atoms with Crippen LogP contribution < -0.4 is 0 Å². The van der Waals surface area contributed by atoms with Crippen molar-refractivity contribution >= 4 is 5.69 Å². The molecule has 0 aromatic heterocycles. The smallest absolute Gasteiger partial charge is 0.258 e.